The zero-order valence-corrected chi connectivity index (χ0v) is 10.3. The molecule has 0 unspecified atom stereocenters. The summed E-state index contributed by atoms with van der Waals surface area (Å²) in [6, 6.07) is 3.44. The smallest absolute Gasteiger partial charge is 0.277 e. The maximum atomic E-state index is 11.7. The molecule has 1 aromatic carbocycles. The molecule has 0 aliphatic rings. The van der Waals surface area contributed by atoms with E-state index < -0.39 is 5.91 Å². The van der Waals surface area contributed by atoms with Crippen molar-refractivity contribution in [2.45, 2.75) is 6.92 Å². The average Bonchev–Trinajstić information content (AvgIpc) is 2.83. The molecule has 0 atom stereocenters. The molecule has 0 saturated heterocycles. The number of amides is 1. The molecule has 17 heavy (non-hydrogen) atoms. The van der Waals surface area contributed by atoms with Crippen molar-refractivity contribution in [3.63, 3.8) is 0 Å². The number of H-pyrrole nitrogens is 1. The van der Waals surface area contributed by atoms with Crippen LogP contribution in [-0.4, -0.2) is 21.3 Å². The van der Waals surface area contributed by atoms with Crippen molar-refractivity contribution in [2.24, 2.45) is 0 Å². The van der Waals surface area contributed by atoms with Crippen LogP contribution in [-0.2, 0) is 0 Å². The second-order valence-corrected chi connectivity index (χ2v) is 4.15. The molecule has 1 aromatic heterocycles. The Kier molecular flexibility index (Phi) is 3.31. The van der Waals surface area contributed by atoms with Crippen LogP contribution in [0, 0.1) is 6.92 Å². The van der Waals surface area contributed by atoms with E-state index in [0.717, 1.165) is 5.56 Å². The summed E-state index contributed by atoms with van der Waals surface area (Å²) in [6.45, 7) is 1.82. The first-order valence-corrected chi connectivity index (χ1v) is 5.47. The van der Waals surface area contributed by atoms with Gasteiger partial charge >= 0.3 is 0 Å². The normalized spacial score (nSPS) is 10.3. The highest BCUT2D eigenvalue weighted by molar-refractivity contribution is 6.40. The van der Waals surface area contributed by atoms with E-state index in [9.17, 15) is 4.79 Å². The Morgan fingerprint density at radius 1 is 1.41 bits per heavy atom. The van der Waals surface area contributed by atoms with Crippen LogP contribution in [0.15, 0.2) is 18.3 Å². The molecule has 2 aromatic rings. The van der Waals surface area contributed by atoms with E-state index in [1.165, 1.54) is 6.20 Å². The third-order valence-corrected chi connectivity index (χ3v) is 2.97. The van der Waals surface area contributed by atoms with Gasteiger partial charge in [-0.2, -0.15) is 15.4 Å². The predicted octanol–water partition coefficient (Wildman–Crippen LogP) is 2.67. The summed E-state index contributed by atoms with van der Waals surface area (Å²) in [6.07, 6.45) is 1.31. The van der Waals surface area contributed by atoms with Crippen molar-refractivity contribution in [1.29, 1.82) is 0 Å². The molecule has 2 rings (SSSR count). The number of hydrogen-bond acceptors (Lipinski definition) is 3. The maximum absolute atomic E-state index is 11.7. The van der Waals surface area contributed by atoms with Gasteiger partial charge in [-0.05, 0) is 18.6 Å². The third kappa shape index (κ3) is 2.40. The summed E-state index contributed by atoms with van der Waals surface area (Å²) in [4.78, 5) is 11.7. The molecule has 0 aliphatic carbocycles. The van der Waals surface area contributed by atoms with Gasteiger partial charge < -0.3 is 5.32 Å². The van der Waals surface area contributed by atoms with E-state index in [2.05, 4.69) is 20.7 Å². The van der Waals surface area contributed by atoms with Crippen LogP contribution < -0.4 is 5.32 Å². The van der Waals surface area contributed by atoms with Crippen molar-refractivity contribution in [2.75, 3.05) is 5.32 Å². The number of rotatable bonds is 2. The van der Waals surface area contributed by atoms with Gasteiger partial charge in [-0.1, -0.05) is 29.3 Å². The minimum atomic E-state index is -0.423. The Balaban J connectivity index is 2.31. The Hall–Kier alpha value is -1.59. The highest BCUT2D eigenvalue weighted by Crippen LogP contribution is 2.32. The van der Waals surface area contributed by atoms with Crippen LogP contribution in [0.4, 0.5) is 5.69 Å². The van der Waals surface area contributed by atoms with Crippen molar-refractivity contribution >= 4 is 34.8 Å². The van der Waals surface area contributed by atoms with Gasteiger partial charge in [0.1, 0.15) is 0 Å². The quantitative estimate of drug-likeness (QED) is 0.882. The summed E-state index contributed by atoms with van der Waals surface area (Å²) in [5, 5.41) is 12.9. The molecule has 5 nitrogen and oxygen atoms in total. The lowest BCUT2D eigenvalue weighted by molar-refractivity contribution is 0.102. The molecular formula is C10H8Cl2N4O. The number of nitrogens with one attached hydrogen (secondary N) is 2. The van der Waals surface area contributed by atoms with Gasteiger partial charge in [-0.25, -0.2) is 0 Å². The van der Waals surface area contributed by atoms with Crippen LogP contribution >= 0.6 is 23.2 Å². The molecule has 1 heterocycles. The van der Waals surface area contributed by atoms with Crippen molar-refractivity contribution in [1.82, 2.24) is 15.4 Å². The number of aromatic amines is 1. The van der Waals surface area contributed by atoms with Gasteiger partial charge in [0.15, 0.2) is 5.69 Å². The fourth-order valence-corrected chi connectivity index (χ4v) is 1.72. The molecule has 0 fully saturated rings. The Bertz CT molecular complexity index is 554. The van der Waals surface area contributed by atoms with E-state index >= 15 is 0 Å². The van der Waals surface area contributed by atoms with Crippen LogP contribution in [0.1, 0.15) is 16.1 Å². The summed E-state index contributed by atoms with van der Waals surface area (Å²) in [7, 11) is 0. The maximum Gasteiger partial charge on any atom is 0.277 e. The van der Waals surface area contributed by atoms with Crippen LogP contribution in [0.3, 0.4) is 0 Å². The standard InChI is InChI=1S/C10H8Cl2N4O/c1-5-2-3-6(11)9(8(5)12)14-10(17)7-4-13-16-15-7/h2-4H,1H3,(H,14,17)(H,13,15,16). The van der Waals surface area contributed by atoms with Gasteiger partial charge in [0.2, 0.25) is 0 Å². The number of anilines is 1. The Morgan fingerprint density at radius 2 is 2.18 bits per heavy atom. The molecule has 0 saturated carbocycles. The zero-order valence-electron chi connectivity index (χ0n) is 8.79. The van der Waals surface area contributed by atoms with Gasteiger partial charge in [0.25, 0.3) is 5.91 Å². The molecule has 88 valence electrons. The molecule has 2 N–H and O–H groups in total. The average molecular weight is 271 g/mol. The van der Waals surface area contributed by atoms with E-state index in [1.807, 2.05) is 6.92 Å². The second kappa shape index (κ2) is 4.73. The van der Waals surface area contributed by atoms with Gasteiger partial charge in [0, 0.05) is 0 Å². The Labute approximate surface area is 107 Å². The summed E-state index contributed by atoms with van der Waals surface area (Å²) < 4.78 is 0. The third-order valence-electron chi connectivity index (χ3n) is 2.17. The topological polar surface area (TPSA) is 70.7 Å². The van der Waals surface area contributed by atoms with Crippen LogP contribution in [0.2, 0.25) is 10.0 Å². The molecule has 0 radical (unpaired) electrons. The van der Waals surface area contributed by atoms with Crippen molar-refractivity contribution < 1.29 is 4.79 Å². The van der Waals surface area contributed by atoms with Crippen molar-refractivity contribution in [3.8, 4) is 0 Å². The lowest BCUT2D eigenvalue weighted by atomic mass is 10.2. The van der Waals surface area contributed by atoms with E-state index in [1.54, 1.807) is 12.1 Å². The molecule has 0 aliphatic heterocycles. The van der Waals surface area contributed by atoms with E-state index in [4.69, 9.17) is 23.2 Å². The lowest BCUT2D eigenvalue weighted by Gasteiger charge is -2.09. The number of carbonyl (C=O) groups excluding carboxylic acids is 1. The number of aromatic nitrogens is 3. The largest absolute Gasteiger partial charge is 0.318 e. The fraction of sp³-hybridized carbons (Fsp3) is 0.100. The van der Waals surface area contributed by atoms with Crippen LogP contribution in [0.25, 0.3) is 0 Å². The van der Waals surface area contributed by atoms with Crippen LogP contribution in [0.5, 0.6) is 0 Å². The van der Waals surface area contributed by atoms with Crippen molar-refractivity contribution in [3.05, 3.63) is 39.6 Å². The highest BCUT2D eigenvalue weighted by atomic mass is 35.5. The summed E-state index contributed by atoms with van der Waals surface area (Å²) >= 11 is 12.0. The first kappa shape index (κ1) is 11.9. The summed E-state index contributed by atoms with van der Waals surface area (Å²) in [5.74, 6) is -0.423. The first-order valence-electron chi connectivity index (χ1n) is 4.71. The number of halogens is 2. The minimum Gasteiger partial charge on any atom is -0.318 e. The van der Waals surface area contributed by atoms with E-state index in [-0.39, 0.29) is 5.69 Å². The molecule has 1 amide bonds. The van der Waals surface area contributed by atoms with E-state index in [0.29, 0.717) is 15.7 Å². The lowest BCUT2D eigenvalue weighted by Crippen LogP contribution is -2.13. The van der Waals surface area contributed by atoms with Gasteiger partial charge in [0.05, 0.1) is 21.9 Å². The van der Waals surface area contributed by atoms with Gasteiger partial charge in [-0.15, -0.1) is 0 Å². The van der Waals surface area contributed by atoms with Gasteiger partial charge in [-0.3, -0.25) is 4.79 Å². The predicted molar refractivity (Wildman–Crippen MR) is 65.5 cm³/mol. The zero-order chi connectivity index (χ0) is 12.4. The molecular weight excluding hydrogens is 263 g/mol. The highest BCUT2D eigenvalue weighted by Gasteiger charge is 2.14. The SMILES string of the molecule is Cc1ccc(Cl)c(NC(=O)c2cn[nH]n2)c1Cl. The second-order valence-electron chi connectivity index (χ2n) is 3.36. The Morgan fingerprint density at radius 3 is 2.82 bits per heavy atom. The number of aryl methyl sites for hydroxylation is 1. The number of benzene rings is 1. The first-order chi connectivity index (χ1) is 8.09. The molecule has 0 spiro atoms. The minimum absolute atomic E-state index is 0.165. The monoisotopic (exact) mass is 270 g/mol. The molecule has 7 heteroatoms. The fourth-order valence-electron chi connectivity index (χ4n) is 1.26. The summed E-state index contributed by atoms with van der Waals surface area (Å²) in [5.41, 5.74) is 1.37. The molecule has 0 bridgehead atoms. The number of nitrogens with zero attached hydrogens (tertiary/aromatic N) is 2. The number of carbonyl (C=O) groups is 1. The number of hydrogen-bond donors (Lipinski definition) is 2.